The van der Waals surface area contributed by atoms with Crippen molar-refractivity contribution in [2.45, 2.75) is 44.6 Å². The van der Waals surface area contributed by atoms with Crippen molar-refractivity contribution in [3.8, 4) is 11.5 Å². The van der Waals surface area contributed by atoms with Gasteiger partial charge in [0, 0.05) is 13.0 Å². The highest BCUT2D eigenvalue weighted by molar-refractivity contribution is 6.07. The molecule has 0 fully saturated rings. The fourth-order valence-corrected chi connectivity index (χ4v) is 4.64. The molecule has 3 aromatic rings. The molecule has 0 aliphatic carbocycles. The molecule has 0 aromatic heterocycles. The molecule has 0 saturated carbocycles. The van der Waals surface area contributed by atoms with E-state index in [4.69, 9.17) is 14.6 Å². The number of para-hydroxylation sites is 2. The highest BCUT2D eigenvalue weighted by Crippen LogP contribution is 2.40. The number of carboxylic acid groups (broad SMARTS) is 2. The SMILES string of the molecule is O=C(O)CCCN1CC(C(=O)O)Oc2c(NC(=O)c3ccccc3OCCCCCc3ccccc3)cccc21. The first kappa shape index (κ1) is 28.5. The predicted molar refractivity (Wildman–Crippen MR) is 151 cm³/mol. The lowest BCUT2D eigenvalue weighted by Crippen LogP contribution is -2.45. The topological polar surface area (TPSA) is 125 Å². The summed E-state index contributed by atoms with van der Waals surface area (Å²) >= 11 is 0. The second-order valence-corrected chi connectivity index (χ2v) is 9.64. The molecule has 1 heterocycles. The number of aryl methyl sites for hydroxylation is 1. The Bertz CT molecular complexity index is 1310. The van der Waals surface area contributed by atoms with Gasteiger partial charge in [-0.2, -0.15) is 0 Å². The van der Waals surface area contributed by atoms with Crippen molar-refractivity contribution in [2.75, 3.05) is 29.9 Å². The van der Waals surface area contributed by atoms with Crippen molar-refractivity contribution in [3.05, 3.63) is 83.9 Å². The fourth-order valence-electron chi connectivity index (χ4n) is 4.64. The van der Waals surface area contributed by atoms with Crippen LogP contribution in [-0.2, 0) is 16.0 Å². The van der Waals surface area contributed by atoms with Crippen molar-refractivity contribution in [3.63, 3.8) is 0 Å². The van der Waals surface area contributed by atoms with Gasteiger partial charge in [-0.3, -0.25) is 9.59 Å². The lowest BCUT2D eigenvalue weighted by atomic mass is 10.1. The molecule has 9 heteroatoms. The Kier molecular flexibility index (Phi) is 9.99. The number of fused-ring (bicyclic) bond motifs is 1. The maximum Gasteiger partial charge on any atom is 0.346 e. The average molecular weight is 547 g/mol. The van der Waals surface area contributed by atoms with Gasteiger partial charge in [-0.15, -0.1) is 0 Å². The number of benzene rings is 3. The molecule has 1 aliphatic heterocycles. The monoisotopic (exact) mass is 546 g/mol. The Hall–Kier alpha value is -4.53. The molecule has 9 nitrogen and oxygen atoms in total. The lowest BCUT2D eigenvalue weighted by molar-refractivity contribution is -0.145. The summed E-state index contributed by atoms with van der Waals surface area (Å²) in [6.45, 7) is 0.891. The van der Waals surface area contributed by atoms with Crippen LogP contribution in [0.3, 0.4) is 0 Å². The second kappa shape index (κ2) is 14.0. The van der Waals surface area contributed by atoms with Gasteiger partial charge in [-0.05, 0) is 61.9 Å². The molecule has 4 rings (SSSR count). The summed E-state index contributed by atoms with van der Waals surface area (Å²) in [6.07, 6.45) is 3.08. The molecule has 40 heavy (non-hydrogen) atoms. The van der Waals surface area contributed by atoms with Gasteiger partial charge in [0.25, 0.3) is 5.91 Å². The van der Waals surface area contributed by atoms with Crippen LogP contribution in [0.5, 0.6) is 11.5 Å². The molecule has 1 atom stereocenters. The summed E-state index contributed by atoms with van der Waals surface area (Å²) < 4.78 is 11.7. The van der Waals surface area contributed by atoms with E-state index >= 15 is 0 Å². The van der Waals surface area contributed by atoms with E-state index in [0.717, 1.165) is 25.7 Å². The third-order valence-electron chi connectivity index (χ3n) is 6.67. The first-order valence-electron chi connectivity index (χ1n) is 13.5. The zero-order chi connectivity index (χ0) is 28.3. The number of rotatable bonds is 14. The van der Waals surface area contributed by atoms with Crippen LogP contribution in [0.25, 0.3) is 0 Å². The van der Waals surface area contributed by atoms with E-state index in [2.05, 4.69) is 17.4 Å². The van der Waals surface area contributed by atoms with Gasteiger partial charge in [0.2, 0.25) is 6.10 Å². The Labute approximate surface area is 233 Å². The minimum atomic E-state index is -1.16. The zero-order valence-corrected chi connectivity index (χ0v) is 22.3. The molecule has 0 bridgehead atoms. The number of nitrogens with one attached hydrogen (secondary N) is 1. The standard InChI is InChI=1S/C31H34N2O7/c34-28(35)18-10-19-33-21-27(31(37)38)40-29-24(15-9-16-25(29)33)32-30(36)23-14-6-7-17-26(23)39-20-8-2-5-13-22-11-3-1-4-12-22/h1,3-4,6-7,9,11-12,14-17,27H,2,5,8,10,13,18-21H2,(H,32,36)(H,34,35)(H,37,38). The van der Waals surface area contributed by atoms with Crippen LogP contribution in [0.1, 0.15) is 48.0 Å². The Morgan fingerprint density at radius 1 is 0.900 bits per heavy atom. The van der Waals surface area contributed by atoms with Crippen LogP contribution in [0.4, 0.5) is 11.4 Å². The van der Waals surface area contributed by atoms with Crippen LogP contribution in [-0.4, -0.2) is 53.9 Å². The van der Waals surface area contributed by atoms with E-state index in [0.29, 0.717) is 42.3 Å². The number of anilines is 2. The molecule has 1 unspecified atom stereocenters. The molecular formula is C31H34N2O7. The number of hydrogen-bond acceptors (Lipinski definition) is 6. The number of carbonyl (C=O) groups excluding carboxylic acids is 1. The summed E-state index contributed by atoms with van der Waals surface area (Å²) in [5, 5.41) is 21.5. The smallest absolute Gasteiger partial charge is 0.346 e. The summed E-state index contributed by atoms with van der Waals surface area (Å²) in [7, 11) is 0. The zero-order valence-electron chi connectivity index (χ0n) is 22.3. The minimum absolute atomic E-state index is 0.0370. The molecule has 0 spiro atoms. The van der Waals surface area contributed by atoms with E-state index in [1.807, 2.05) is 24.3 Å². The van der Waals surface area contributed by atoms with Crippen LogP contribution in [0.15, 0.2) is 72.8 Å². The highest BCUT2D eigenvalue weighted by Gasteiger charge is 2.32. The third kappa shape index (κ3) is 7.75. The number of nitrogens with zero attached hydrogens (tertiary/aromatic N) is 1. The largest absolute Gasteiger partial charge is 0.493 e. The van der Waals surface area contributed by atoms with Gasteiger partial charge < -0.3 is 29.9 Å². The first-order valence-corrected chi connectivity index (χ1v) is 13.5. The normalized spacial score (nSPS) is 14.1. The first-order chi connectivity index (χ1) is 19.4. The van der Waals surface area contributed by atoms with Crippen molar-refractivity contribution < 1.29 is 34.1 Å². The van der Waals surface area contributed by atoms with Crippen molar-refractivity contribution in [2.24, 2.45) is 0 Å². The number of carbonyl (C=O) groups is 3. The number of carboxylic acids is 2. The van der Waals surface area contributed by atoms with Crippen LogP contribution < -0.4 is 19.7 Å². The van der Waals surface area contributed by atoms with Crippen molar-refractivity contribution in [1.29, 1.82) is 0 Å². The summed E-state index contributed by atoms with van der Waals surface area (Å²) in [4.78, 5) is 37.8. The van der Waals surface area contributed by atoms with Crippen molar-refractivity contribution in [1.82, 2.24) is 0 Å². The highest BCUT2D eigenvalue weighted by atomic mass is 16.5. The number of aliphatic carboxylic acids is 2. The van der Waals surface area contributed by atoms with Crippen LogP contribution >= 0.6 is 0 Å². The molecule has 210 valence electrons. The maximum absolute atomic E-state index is 13.3. The number of hydrogen-bond donors (Lipinski definition) is 3. The van der Waals surface area contributed by atoms with Gasteiger partial charge in [-0.25, -0.2) is 4.79 Å². The minimum Gasteiger partial charge on any atom is -0.493 e. The molecular weight excluding hydrogens is 512 g/mol. The Morgan fingerprint density at radius 3 is 2.45 bits per heavy atom. The van der Waals surface area contributed by atoms with Gasteiger partial charge in [0.05, 0.1) is 30.1 Å². The average Bonchev–Trinajstić information content (AvgIpc) is 2.95. The van der Waals surface area contributed by atoms with E-state index < -0.39 is 23.9 Å². The molecule has 1 amide bonds. The van der Waals surface area contributed by atoms with Gasteiger partial charge >= 0.3 is 11.9 Å². The number of amides is 1. The van der Waals surface area contributed by atoms with Gasteiger partial charge in [-0.1, -0.05) is 48.5 Å². The Balaban J connectivity index is 1.40. The predicted octanol–water partition coefficient (Wildman–Crippen LogP) is 5.25. The molecule has 3 N–H and O–H groups in total. The van der Waals surface area contributed by atoms with E-state index in [9.17, 15) is 19.5 Å². The maximum atomic E-state index is 13.3. The van der Waals surface area contributed by atoms with Gasteiger partial charge in [0.1, 0.15) is 5.75 Å². The summed E-state index contributed by atoms with van der Waals surface area (Å²) in [5.74, 6) is -1.77. The van der Waals surface area contributed by atoms with Gasteiger partial charge in [0.15, 0.2) is 5.75 Å². The second-order valence-electron chi connectivity index (χ2n) is 9.64. The summed E-state index contributed by atoms with van der Waals surface area (Å²) in [6, 6.07) is 22.5. The fraction of sp³-hybridized carbons (Fsp3) is 0.323. The van der Waals surface area contributed by atoms with Crippen LogP contribution in [0.2, 0.25) is 0 Å². The molecule has 0 radical (unpaired) electrons. The molecule has 1 aliphatic rings. The molecule has 0 saturated heterocycles. The molecule has 3 aromatic carbocycles. The lowest BCUT2D eigenvalue weighted by Gasteiger charge is -2.35. The van der Waals surface area contributed by atoms with E-state index in [1.54, 1.807) is 41.3 Å². The summed E-state index contributed by atoms with van der Waals surface area (Å²) in [5.41, 5.74) is 2.59. The quantitative estimate of drug-likeness (QED) is 0.234. The van der Waals surface area contributed by atoms with Crippen molar-refractivity contribution >= 4 is 29.2 Å². The van der Waals surface area contributed by atoms with E-state index in [-0.39, 0.29) is 18.7 Å². The number of unbranched alkanes of at least 4 members (excludes halogenated alkanes) is 2. The van der Waals surface area contributed by atoms with E-state index in [1.165, 1.54) is 5.56 Å². The Morgan fingerprint density at radius 2 is 1.68 bits per heavy atom. The third-order valence-corrected chi connectivity index (χ3v) is 6.67. The number of ether oxygens (including phenoxy) is 2. The van der Waals surface area contributed by atoms with Crippen LogP contribution in [0, 0.1) is 0 Å².